The summed E-state index contributed by atoms with van der Waals surface area (Å²) in [5.41, 5.74) is 7.72. The van der Waals surface area contributed by atoms with Crippen LogP contribution in [0.2, 0.25) is 0 Å². The normalized spacial score (nSPS) is 24.2. The zero-order valence-electron chi connectivity index (χ0n) is 12.4. The standard InChI is InChI=1S/C17H24N2O2/c18-10-14-3-1-2-4-15(14)11-19-17(20)13-5-6-16-12(9-13)7-8-21-16/h5-6,9,14-15H,1-4,7-8,10-11,18H2,(H,19,20). The van der Waals surface area contributed by atoms with Crippen LogP contribution in [-0.4, -0.2) is 25.6 Å². The number of hydrogen-bond acceptors (Lipinski definition) is 3. The van der Waals surface area contributed by atoms with E-state index in [-0.39, 0.29) is 5.91 Å². The molecule has 0 spiro atoms. The lowest BCUT2D eigenvalue weighted by atomic mass is 9.79. The van der Waals surface area contributed by atoms with Crippen molar-refractivity contribution in [3.8, 4) is 5.75 Å². The minimum absolute atomic E-state index is 0.0195. The summed E-state index contributed by atoms with van der Waals surface area (Å²) in [5, 5.41) is 3.09. The number of nitrogens with two attached hydrogens (primary N) is 1. The Hall–Kier alpha value is -1.55. The molecule has 0 radical (unpaired) electrons. The number of carbonyl (C=O) groups excluding carboxylic acids is 1. The van der Waals surface area contributed by atoms with Gasteiger partial charge in [0.15, 0.2) is 0 Å². The van der Waals surface area contributed by atoms with Crippen LogP contribution in [0.15, 0.2) is 18.2 Å². The van der Waals surface area contributed by atoms with Gasteiger partial charge in [0, 0.05) is 18.5 Å². The number of ether oxygens (including phenoxy) is 1. The van der Waals surface area contributed by atoms with E-state index in [9.17, 15) is 4.79 Å². The van der Waals surface area contributed by atoms with Crippen LogP contribution in [0.25, 0.3) is 0 Å². The van der Waals surface area contributed by atoms with Crippen molar-refractivity contribution in [3.05, 3.63) is 29.3 Å². The van der Waals surface area contributed by atoms with Crippen LogP contribution in [0.3, 0.4) is 0 Å². The van der Waals surface area contributed by atoms with Gasteiger partial charge in [-0.3, -0.25) is 4.79 Å². The van der Waals surface area contributed by atoms with Crippen molar-refractivity contribution < 1.29 is 9.53 Å². The summed E-state index contributed by atoms with van der Waals surface area (Å²) < 4.78 is 5.47. The van der Waals surface area contributed by atoms with Gasteiger partial charge in [-0.05, 0) is 55.0 Å². The van der Waals surface area contributed by atoms with Gasteiger partial charge in [-0.15, -0.1) is 0 Å². The van der Waals surface area contributed by atoms with Crippen LogP contribution in [0, 0.1) is 11.8 Å². The molecule has 1 heterocycles. The molecule has 1 saturated carbocycles. The molecule has 2 unspecified atom stereocenters. The lowest BCUT2D eigenvalue weighted by Gasteiger charge is -2.30. The first kappa shape index (κ1) is 14.4. The zero-order chi connectivity index (χ0) is 14.7. The van der Waals surface area contributed by atoms with Crippen LogP contribution >= 0.6 is 0 Å². The minimum atomic E-state index is 0.0195. The quantitative estimate of drug-likeness (QED) is 0.892. The molecule has 0 bridgehead atoms. The van der Waals surface area contributed by atoms with Gasteiger partial charge >= 0.3 is 0 Å². The second kappa shape index (κ2) is 6.48. The predicted octanol–water partition coefficient (Wildman–Crippen LogP) is 2.12. The molecule has 1 aliphatic carbocycles. The SMILES string of the molecule is NCC1CCCCC1CNC(=O)c1ccc2c(c1)CCO2. The highest BCUT2D eigenvalue weighted by Gasteiger charge is 2.24. The molecule has 1 aromatic rings. The first-order chi connectivity index (χ1) is 10.3. The van der Waals surface area contributed by atoms with Crippen LogP contribution in [0.4, 0.5) is 0 Å². The third-order valence-electron chi connectivity index (χ3n) is 4.85. The molecule has 21 heavy (non-hydrogen) atoms. The Bertz CT molecular complexity index is 516. The molecular weight excluding hydrogens is 264 g/mol. The summed E-state index contributed by atoms with van der Waals surface area (Å²) in [6, 6.07) is 5.71. The van der Waals surface area contributed by atoms with E-state index in [4.69, 9.17) is 10.5 Å². The Morgan fingerprint density at radius 1 is 1.29 bits per heavy atom. The summed E-state index contributed by atoms with van der Waals surface area (Å²) >= 11 is 0. The molecule has 2 aliphatic rings. The maximum absolute atomic E-state index is 12.3. The zero-order valence-corrected chi connectivity index (χ0v) is 12.4. The highest BCUT2D eigenvalue weighted by Crippen LogP contribution is 2.29. The summed E-state index contributed by atoms with van der Waals surface area (Å²) in [6.07, 6.45) is 5.81. The highest BCUT2D eigenvalue weighted by molar-refractivity contribution is 5.94. The van der Waals surface area contributed by atoms with E-state index in [1.165, 1.54) is 25.7 Å². The fourth-order valence-electron chi connectivity index (χ4n) is 3.52. The fraction of sp³-hybridized carbons (Fsp3) is 0.588. The summed E-state index contributed by atoms with van der Waals surface area (Å²) in [4.78, 5) is 12.3. The Kier molecular flexibility index (Phi) is 4.44. The smallest absolute Gasteiger partial charge is 0.251 e. The van der Waals surface area contributed by atoms with E-state index in [1.807, 2.05) is 18.2 Å². The largest absolute Gasteiger partial charge is 0.493 e. The number of rotatable bonds is 4. The Morgan fingerprint density at radius 2 is 2.10 bits per heavy atom. The number of amides is 1. The third kappa shape index (κ3) is 3.21. The summed E-state index contributed by atoms with van der Waals surface area (Å²) in [6.45, 7) is 2.20. The topological polar surface area (TPSA) is 64.3 Å². The molecular formula is C17H24N2O2. The lowest BCUT2D eigenvalue weighted by molar-refractivity contribution is 0.0935. The van der Waals surface area contributed by atoms with Gasteiger partial charge in [0.25, 0.3) is 5.91 Å². The molecule has 4 heteroatoms. The number of carbonyl (C=O) groups is 1. The Morgan fingerprint density at radius 3 is 2.90 bits per heavy atom. The molecule has 1 aliphatic heterocycles. The van der Waals surface area contributed by atoms with Gasteiger partial charge in [0.05, 0.1) is 6.61 Å². The monoisotopic (exact) mass is 288 g/mol. The molecule has 114 valence electrons. The van der Waals surface area contributed by atoms with E-state index < -0.39 is 0 Å². The molecule has 1 fully saturated rings. The van der Waals surface area contributed by atoms with Crippen molar-refractivity contribution in [1.82, 2.24) is 5.32 Å². The van der Waals surface area contributed by atoms with Gasteiger partial charge in [-0.1, -0.05) is 12.8 Å². The lowest BCUT2D eigenvalue weighted by Crippen LogP contribution is -2.36. The van der Waals surface area contributed by atoms with E-state index in [1.54, 1.807) is 0 Å². The van der Waals surface area contributed by atoms with Gasteiger partial charge in [-0.2, -0.15) is 0 Å². The molecule has 3 N–H and O–H groups in total. The van der Waals surface area contributed by atoms with Crippen molar-refractivity contribution in [2.45, 2.75) is 32.1 Å². The predicted molar refractivity (Wildman–Crippen MR) is 82.5 cm³/mol. The molecule has 3 rings (SSSR count). The average molecular weight is 288 g/mol. The molecule has 4 nitrogen and oxygen atoms in total. The second-order valence-electron chi connectivity index (χ2n) is 6.17. The maximum atomic E-state index is 12.3. The molecule has 1 aromatic carbocycles. The van der Waals surface area contributed by atoms with Crippen molar-refractivity contribution in [2.75, 3.05) is 19.7 Å². The van der Waals surface area contributed by atoms with E-state index in [2.05, 4.69) is 5.32 Å². The van der Waals surface area contributed by atoms with Gasteiger partial charge < -0.3 is 15.8 Å². The highest BCUT2D eigenvalue weighted by atomic mass is 16.5. The van der Waals surface area contributed by atoms with Crippen molar-refractivity contribution in [1.29, 1.82) is 0 Å². The van der Waals surface area contributed by atoms with E-state index in [0.717, 1.165) is 43.0 Å². The summed E-state index contributed by atoms with van der Waals surface area (Å²) in [5.74, 6) is 2.03. The van der Waals surface area contributed by atoms with Crippen LogP contribution in [-0.2, 0) is 6.42 Å². The van der Waals surface area contributed by atoms with Gasteiger partial charge in [0.1, 0.15) is 5.75 Å². The first-order valence-electron chi connectivity index (χ1n) is 8.02. The average Bonchev–Trinajstić information content (AvgIpc) is 3.00. The van der Waals surface area contributed by atoms with Crippen LogP contribution < -0.4 is 15.8 Å². The van der Waals surface area contributed by atoms with Gasteiger partial charge in [0.2, 0.25) is 0 Å². The van der Waals surface area contributed by atoms with Crippen molar-refractivity contribution in [3.63, 3.8) is 0 Å². The molecule has 2 atom stereocenters. The number of hydrogen-bond donors (Lipinski definition) is 2. The first-order valence-corrected chi connectivity index (χ1v) is 8.02. The Labute approximate surface area is 126 Å². The van der Waals surface area contributed by atoms with Crippen molar-refractivity contribution in [2.24, 2.45) is 17.6 Å². The molecule has 0 saturated heterocycles. The maximum Gasteiger partial charge on any atom is 0.251 e. The van der Waals surface area contributed by atoms with Gasteiger partial charge in [-0.25, -0.2) is 0 Å². The van der Waals surface area contributed by atoms with Crippen molar-refractivity contribution >= 4 is 5.91 Å². The Balaban J connectivity index is 1.58. The molecule has 0 aromatic heterocycles. The van der Waals surface area contributed by atoms with E-state index >= 15 is 0 Å². The van der Waals surface area contributed by atoms with E-state index in [0.29, 0.717) is 11.8 Å². The number of nitrogens with one attached hydrogen (secondary N) is 1. The third-order valence-corrected chi connectivity index (χ3v) is 4.85. The van der Waals surface area contributed by atoms with Crippen LogP contribution in [0.5, 0.6) is 5.75 Å². The second-order valence-corrected chi connectivity index (χ2v) is 6.17. The van der Waals surface area contributed by atoms with Crippen LogP contribution in [0.1, 0.15) is 41.6 Å². The summed E-state index contributed by atoms with van der Waals surface area (Å²) in [7, 11) is 0. The minimum Gasteiger partial charge on any atom is -0.493 e. The molecule has 1 amide bonds. The fourth-order valence-corrected chi connectivity index (χ4v) is 3.52. The number of benzene rings is 1. The number of fused-ring (bicyclic) bond motifs is 1.